The lowest BCUT2D eigenvalue weighted by Crippen LogP contribution is -2.52. The zero-order valence-electron chi connectivity index (χ0n) is 15.7. The highest BCUT2D eigenvalue weighted by Crippen LogP contribution is 2.39. The Balaban J connectivity index is 1.44. The summed E-state index contributed by atoms with van der Waals surface area (Å²) in [5.41, 5.74) is 5.31. The molecule has 1 aliphatic carbocycles. The Labute approximate surface area is 154 Å². The third-order valence-electron chi connectivity index (χ3n) is 5.43. The van der Waals surface area contributed by atoms with E-state index in [0.717, 1.165) is 25.7 Å². The van der Waals surface area contributed by atoms with Gasteiger partial charge in [0.1, 0.15) is 6.61 Å². The highest BCUT2D eigenvalue weighted by Gasteiger charge is 2.33. The number of hydrogen-bond acceptors (Lipinski definition) is 4. The summed E-state index contributed by atoms with van der Waals surface area (Å²) in [5, 5.41) is 0. The largest absolute Gasteiger partial charge is 0.485 e. The summed E-state index contributed by atoms with van der Waals surface area (Å²) in [6, 6.07) is 7.20. The van der Waals surface area contributed by atoms with Gasteiger partial charge >= 0.3 is 0 Å². The minimum atomic E-state index is -0.776. The van der Waals surface area contributed by atoms with Crippen LogP contribution in [-0.2, 0) is 9.59 Å². The van der Waals surface area contributed by atoms with Gasteiger partial charge in [0.25, 0.3) is 5.91 Å². The summed E-state index contributed by atoms with van der Waals surface area (Å²) < 4.78 is 11.2. The van der Waals surface area contributed by atoms with Crippen molar-refractivity contribution in [3.05, 3.63) is 24.3 Å². The van der Waals surface area contributed by atoms with Gasteiger partial charge in [0.15, 0.2) is 11.5 Å². The number of amides is 2. The van der Waals surface area contributed by atoms with Crippen LogP contribution in [0.5, 0.6) is 11.5 Å². The minimum Gasteiger partial charge on any atom is -0.485 e. The number of rotatable bonds is 2. The molecule has 142 valence electrons. The van der Waals surface area contributed by atoms with Gasteiger partial charge in [-0.3, -0.25) is 20.4 Å². The molecule has 6 heteroatoms. The van der Waals surface area contributed by atoms with Gasteiger partial charge in [-0.25, -0.2) is 0 Å². The lowest BCUT2D eigenvalue weighted by molar-refractivity contribution is -0.136. The van der Waals surface area contributed by atoms with Crippen molar-refractivity contribution < 1.29 is 19.1 Å². The Bertz CT molecular complexity index is 660. The summed E-state index contributed by atoms with van der Waals surface area (Å²) in [7, 11) is 0. The van der Waals surface area contributed by atoms with E-state index >= 15 is 0 Å². The number of para-hydroxylation sites is 2. The first kappa shape index (κ1) is 18.5. The molecule has 1 unspecified atom stereocenters. The van der Waals surface area contributed by atoms with Gasteiger partial charge < -0.3 is 9.47 Å². The van der Waals surface area contributed by atoms with Crippen LogP contribution in [0, 0.1) is 17.3 Å². The molecular weight excluding hydrogens is 332 g/mol. The highest BCUT2D eigenvalue weighted by molar-refractivity contribution is 5.86. The average Bonchev–Trinajstić information content (AvgIpc) is 2.64. The summed E-state index contributed by atoms with van der Waals surface area (Å²) >= 11 is 0. The highest BCUT2D eigenvalue weighted by atomic mass is 16.6. The van der Waals surface area contributed by atoms with Gasteiger partial charge in [-0.1, -0.05) is 32.9 Å². The van der Waals surface area contributed by atoms with Crippen molar-refractivity contribution in [3.8, 4) is 11.5 Å². The monoisotopic (exact) mass is 360 g/mol. The Morgan fingerprint density at radius 3 is 2.23 bits per heavy atom. The number of ether oxygens (including phenoxy) is 2. The van der Waals surface area contributed by atoms with Crippen molar-refractivity contribution in [1.29, 1.82) is 0 Å². The van der Waals surface area contributed by atoms with Crippen molar-refractivity contribution in [2.24, 2.45) is 17.3 Å². The maximum Gasteiger partial charge on any atom is 0.283 e. The Hall–Kier alpha value is -2.24. The molecule has 2 aliphatic rings. The van der Waals surface area contributed by atoms with E-state index in [4.69, 9.17) is 9.47 Å². The predicted molar refractivity (Wildman–Crippen MR) is 97.5 cm³/mol. The number of hydrazine groups is 1. The zero-order valence-corrected chi connectivity index (χ0v) is 15.7. The van der Waals surface area contributed by atoms with Crippen LogP contribution in [-0.4, -0.2) is 24.5 Å². The fourth-order valence-corrected chi connectivity index (χ4v) is 3.68. The van der Waals surface area contributed by atoms with Gasteiger partial charge in [0.05, 0.1) is 0 Å². The molecule has 0 spiro atoms. The van der Waals surface area contributed by atoms with E-state index in [9.17, 15) is 9.59 Å². The summed E-state index contributed by atoms with van der Waals surface area (Å²) in [4.78, 5) is 24.6. The maximum absolute atomic E-state index is 12.3. The topological polar surface area (TPSA) is 76.7 Å². The number of fused-ring (bicyclic) bond motifs is 1. The lowest BCUT2D eigenvalue weighted by atomic mass is 9.70. The molecule has 0 saturated heterocycles. The Morgan fingerprint density at radius 1 is 0.962 bits per heavy atom. The lowest BCUT2D eigenvalue weighted by Gasteiger charge is -2.36. The first-order valence-corrected chi connectivity index (χ1v) is 9.33. The molecule has 1 aromatic carbocycles. The summed E-state index contributed by atoms with van der Waals surface area (Å²) in [6.45, 7) is 6.88. The second-order valence-electron chi connectivity index (χ2n) is 8.26. The maximum atomic E-state index is 12.3. The smallest absolute Gasteiger partial charge is 0.283 e. The number of benzene rings is 1. The molecule has 6 nitrogen and oxygen atoms in total. The van der Waals surface area contributed by atoms with E-state index in [1.165, 1.54) is 0 Å². The summed E-state index contributed by atoms with van der Waals surface area (Å²) in [5.74, 6) is 1.23. The van der Waals surface area contributed by atoms with Crippen molar-refractivity contribution in [2.75, 3.05) is 6.61 Å². The fourth-order valence-electron chi connectivity index (χ4n) is 3.68. The van der Waals surface area contributed by atoms with E-state index in [1.54, 1.807) is 12.1 Å². The molecule has 3 rings (SSSR count). The van der Waals surface area contributed by atoms with Gasteiger partial charge in [-0.2, -0.15) is 0 Å². The minimum absolute atomic E-state index is 0.0434. The van der Waals surface area contributed by atoms with Crippen molar-refractivity contribution in [2.45, 2.75) is 52.6 Å². The van der Waals surface area contributed by atoms with Crippen molar-refractivity contribution >= 4 is 11.8 Å². The van der Waals surface area contributed by atoms with Gasteiger partial charge in [0, 0.05) is 5.92 Å². The normalized spacial score (nSPS) is 25.3. The molecular formula is C20H28N2O4. The van der Waals surface area contributed by atoms with Gasteiger partial charge in [-0.15, -0.1) is 0 Å². The third-order valence-corrected chi connectivity index (χ3v) is 5.43. The Kier molecular flexibility index (Phi) is 5.39. The van der Waals surface area contributed by atoms with Crippen LogP contribution in [0.25, 0.3) is 0 Å². The van der Waals surface area contributed by atoms with Crippen molar-refractivity contribution in [3.63, 3.8) is 0 Å². The molecule has 1 aliphatic heterocycles. The first-order valence-electron chi connectivity index (χ1n) is 9.33. The van der Waals surface area contributed by atoms with Crippen LogP contribution in [0.4, 0.5) is 0 Å². The molecule has 0 bridgehead atoms. The summed E-state index contributed by atoms with van der Waals surface area (Å²) in [6.07, 6.45) is 3.04. The van der Waals surface area contributed by atoms with Crippen molar-refractivity contribution in [1.82, 2.24) is 10.9 Å². The molecule has 1 heterocycles. The molecule has 0 aromatic heterocycles. The first-order chi connectivity index (χ1) is 12.3. The molecule has 1 aromatic rings. The zero-order chi connectivity index (χ0) is 18.7. The average molecular weight is 360 g/mol. The standard InChI is InChI=1S/C20H28N2O4/c1-20(2,3)14-10-8-13(9-11-14)18(23)21-22-19(24)17-12-25-15-6-4-5-7-16(15)26-17/h4-7,13-14,17H,8-12H2,1-3H3,(H,21,23)(H,22,24). The van der Waals surface area contributed by atoms with E-state index in [1.807, 2.05) is 12.1 Å². The van der Waals surface area contributed by atoms with Crippen LogP contribution in [0.3, 0.4) is 0 Å². The van der Waals surface area contributed by atoms with Gasteiger partial charge in [-0.05, 0) is 49.1 Å². The molecule has 2 amide bonds. The van der Waals surface area contributed by atoms with Crippen LogP contribution in [0.2, 0.25) is 0 Å². The fraction of sp³-hybridized carbons (Fsp3) is 0.600. The second kappa shape index (κ2) is 7.56. The van der Waals surface area contributed by atoms with E-state index in [-0.39, 0.29) is 23.8 Å². The second-order valence-corrected chi connectivity index (χ2v) is 8.26. The SMILES string of the molecule is CC(C)(C)C1CCC(C(=O)NNC(=O)C2COc3ccccc3O2)CC1. The quantitative estimate of drug-likeness (QED) is 0.795. The van der Waals surface area contributed by atoms with E-state index in [0.29, 0.717) is 17.4 Å². The van der Waals surface area contributed by atoms with Crippen LogP contribution >= 0.6 is 0 Å². The molecule has 2 N–H and O–H groups in total. The molecule has 26 heavy (non-hydrogen) atoms. The predicted octanol–water partition coefficient (Wildman–Crippen LogP) is 2.83. The third kappa shape index (κ3) is 4.29. The number of hydrogen-bond donors (Lipinski definition) is 2. The number of carbonyl (C=O) groups excluding carboxylic acids is 2. The van der Waals surface area contributed by atoms with E-state index in [2.05, 4.69) is 31.6 Å². The van der Waals surface area contributed by atoms with Gasteiger partial charge in [0.2, 0.25) is 12.0 Å². The Morgan fingerprint density at radius 2 is 1.58 bits per heavy atom. The molecule has 1 atom stereocenters. The number of carbonyl (C=O) groups is 2. The molecule has 0 radical (unpaired) electrons. The molecule has 1 saturated carbocycles. The van der Waals surface area contributed by atoms with Crippen LogP contribution in [0.15, 0.2) is 24.3 Å². The van der Waals surface area contributed by atoms with Crippen LogP contribution < -0.4 is 20.3 Å². The van der Waals surface area contributed by atoms with Crippen LogP contribution in [0.1, 0.15) is 46.5 Å². The molecule has 1 fully saturated rings. The number of nitrogens with one attached hydrogen (secondary N) is 2. The van der Waals surface area contributed by atoms with E-state index < -0.39 is 12.0 Å².